The van der Waals surface area contributed by atoms with Crippen molar-refractivity contribution in [3.63, 3.8) is 0 Å². The van der Waals surface area contributed by atoms with Crippen molar-refractivity contribution in [2.24, 2.45) is 4.99 Å². The van der Waals surface area contributed by atoms with Crippen LogP contribution in [-0.4, -0.2) is 33.6 Å². The first-order chi connectivity index (χ1) is 16.9. The smallest absolute Gasteiger partial charge is 0.321 e. The molecule has 10 heteroatoms. The van der Waals surface area contributed by atoms with Gasteiger partial charge in [-0.05, 0) is 50.6 Å². The number of halogens is 1. The molecule has 0 bridgehead atoms. The molecule has 4 aromatic rings. The molecular weight excluding hydrogens is 484 g/mol. The van der Waals surface area contributed by atoms with E-state index < -0.39 is 12.2 Å². The Bertz CT molecular complexity index is 1470. The molecule has 2 amide bonds. The average Bonchev–Trinajstić information content (AvgIpc) is 3.31. The SMILES string of the molecule is COc1ccccc1NC(=O)NC1N=C(c2cccc(Cl)c2)c2c(sc(C)c2C)-n2c(C)nnc21. The molecule has 1 atom stereocenters. The lowest BCUT2D eigenvalue weighted by Crippen LogP contribution is -2.33. The molecule has 0 saturated heterocycles. The molecule has 1 aliphatic rings. The summed E-state index contributed by atoms with van der Waals surface area (Å²) in [5.41, 5.74) is 4.23. The highest BCUT2D eigenvalue weighted by molar-refractivity contribution is 7.15. The van der Waals surface area contributed by atoms with Crippen LogP contribution in [0.25, 0.3) is 5.00 Å². The molecule has 8 nitrogen and oxygen atoms in total. The van der Waals surface area contributed by atoms with Gasteiger partial charge in [0.2, 0.25) is 0 Å². The fourth-order valence-corrected chi connectivity index (χ4v) is 5.49. The molecule has 2 aromatic carbocycles. The van der Waals surface area contributed by atoms with E-state index in [4.69, 9.17) is 21.3 Å². The lowest BCUT2D eigenvalue weighted by Gasteiger charge is -2.16. The van der Waals surface area contributed by atoms with E-state index in [1.165, 1.54) is 4.88 Å². The summed E-state index contributed by atoms with van der Waals surface area (Å²) in [5, 5.41) is 16.1. The molecule has 0 saturated carbocycles. The molecule has 0 fully saturated rings. The summed E-state index contributed by atoms with van der Waals surface area (Å²) >= 11 is 7.99. The van der Waals surface area contributed by atoms with Crippen LogP contribution >= 0.6 is 22.9 Å². The number of aryl methyl sites for hydroxylation is 2. The topological polar surface area (TPSA) is 93.4 Å². The highest BCUT2D eigenvalue weighted by Crippen LogP contribution is 2.38. The molecule has 2 aromatic heterocycles. The molecule has 178 valence electrons. The summed E-state index contributed by atoms with van der Waals surface area (Å²) in [6, 6.07) is 14.3. The largest absolute Gasteiger partial charge is 0.495 e. The van der Waals surface area contributed by atoms with Crippen LogP contribution in [0.1, 0.15) is 39.4 Å². The molecule has 1 unspecified atom stereocenters. The molecular formula is C25H23ClN6O2S. The van der Waals surface area contributed by atoms with E-state index in [2.05, 4.69) is 34.7 Å². The van der Waals surface area contributed by atoms with E-state index in [1.54, 1.807) is 30.6 Å². The molecule has 3 heterocycles. The van der Waals surface area contributed by atoms with Crippen molar-refractivity contribution in [3.8, 4) is 10.8 Å². The van der Waals surface area contributed by atoms with Gasteiger partial charge in [0.25, 0.3) is 0 Å². The first-order valence-electron chi connectivity index (χ1n) is 10.9. The van der Waals surface area contributed by atoms with Crippen LogP contribution < -0.4 is 15.4 Å². The van der Waals surface area contributed by atoms with Gasteiger partial charge in [-0.25, -0.2) is 4.79 Å². The quantitative estimate of drug-likeness (QED) is 0.377. The zero-order valence-corrected chi connectivity index (χ0v) is 21.2. The number of anilines is 1. The van der Waals surface area contributed by atoms with Crippen LogP contribution in [0.3, 0.4) is 0 Å². The Kier molecular flexibility index (Phi) is 6.04. The Morgan fingerprint density at radius 2 is 1.91 bits per heavy atom. The van der Waals surface area contributed by atoms with E-state index in [0.29, 0.717) is 28.1 Å². The third kappa shape index (κ3) is 4.17. The number of carbonyl (C=O) groups is 1. The highest BCUT2D eigenvalue weighted by atomic mass is 35.5. The number of aromatic nitrogens is 3. The van der Waals surface area contributed by atoms with Gasteiger partial charge in [0.05, 0.1) is 18.5 Å². The van der Waals surface area contributed by atoms with Gasteiger partial charge >= 0.3 is 6.03 Å². The third-order valence-electron chi connectivity index (χ3n) is 5.88. The second-order valence-corrected chi connectivity index (χ2v) is 9.73. The van der Waals surface area contributed by atoms with Crippen molar-refractivity contribution < 1.29 is 9.53 Å². The lowest BCUT2D eigenvalue weighted by atomic mass is 10.00. The Hall–Kier alpha value is -3.69. The molecule has 0 spiro atoms. The Balaban J connectivity index is 1.62. The number of aliphatic imine (C=N–C) groups is 1. The number of carbonyl (C=O) groups excluding carboxylic acids is 1. The number of urea groups is 1. The first kappa shape index (κ1) is 23.1. The summed E-state index contributed by atoms with van der Waals surface area (Å²) < 4.78 is 7.32. The zero-order chi connectivity index (χ0) is 24.7. The number of benzene rings is 2. The maximum absolute atomic E-state index is 13.1. The second kappa shape index (κ2) is 9.16. The molecule has 0 radical (unpaired) electrons. The number of hydrogen-bond acceptors (Lipinski definition) is 6. The van der Waals surface area contributed by atoms with Crippen LogP contribution in [0.15, 0.2) is 53.5 Å². The number of amides is 2. The summed E-state index contributed by atoms with van der Waals surface area (Å²) in [6.07, 6.45) is -0.792. The molecule has 0 aliphatic carbocycles. The predicted octanol–water partition coefficient (Wildman–Crippen LogP) is 5.59. The summed E-state index contributed by atoms with van der Waals surface area (Å²) in [7, 11) is 1.55. The average molecular weight is 507 g/mol. The summed E-state index contributed by atoms with van der Waals surface area (Å²) in [4.78, 5) is 19.3. The van der Waals surface area contributed by atoms with Gasteiger partial charge in [-0.2, -0.15) is 0 Å². The second-order valence-electron chi connectivity index (χ2n) is 8.09. The number of nitrogens with one attached hydrogen (secondary N) is 2. The monoisotopic (exact) mass is 506 g/mol. The maximum atomic E-state index is 13.1. The van der Waals surface area contributed by atoms with E-state index in [9.17, 15) is 4.79 Å². The minimum atomic E-state index is -0.792. The Morgan fingerprint density at radius 3 is 2.69 bits per heavy atom. The zero-order valence-electron chi connectivity index (χ0n) is 19.6. The Morgan fingerprint density at radius 1 is 1.11 bits per heavy atom. The molecule has 5 rings (SSSR count). The number of nitrogens with zero attached hydrogens (tertiary/aromatic N) is 4. The van der Waals surface area contributed by atoms with E-state index >= 15 is 0 Å². The van der Waals surface area contributed by atoms with Crippen molar-refractivity contribution >= 4 is 40.4 Å². The number of ether oxygens (including phenoxy) is 1. The van der Waals surface area contributed by atoms with Crippen LogP contribution in [0.5, 0.6) is 5.75 Å². The maximum Gasteiger partial charge on any atom is 0.321 e. The van der Waals surface area contributed by atoms with Gasteiger partial charge in [0.1, 0.15) is 16.6 Å². The van der Waals surface area contributed by atoms with Crippen LogP contribution in [0.4, 0.5) is 10.5 Å². The molecule has 2 N–H and O–H groups in total. The summed E-state index contributed by atoms with van der Waals surface area (Å²) in [6.45, 7) is 6.05. The van der Waals surface area contributed by atoms with Crippen LogP contribution in [-0.2, 0) is 0 Å². The van der Waals surface area contributed by atoms with Gasteiger partial charge < -0.3 is 15.4 Å². The summed E-state index contributed by atoms with van der Waals surface area (Å²) in [5.74, 6) is 1.79. The normalized spacial score (nSPS) is 14.4. The van der Waals surface area contributed by atoms with Crippen molar-refractivity contribution in [1.82, 2.24) is 20.1 Å². The number of para-hydroxylation sites is 2. The fourth-order valence-electron chi connectivity index (χ4n) is 4.09. The van der Waals surface area contributed by atoms with Crippen molar-refractivity contribution in [1.29, 1.82) is 0 Å². The van der Waals surface area contributed by atoms with Crippen LogP contribution in [0.2, 0.25) is 5.02 Å². The number of methoxy groups -OCH3 is 1. The van der Waals surface area contributed by atoms with Gasteiger partial charge in [-0.15, -0.1) is 21.5 Å². The predicted molar refractivity (Wildman–Crippen MR) is 138 cm³/mol. The first-order valence-corrected chi connectivity index (χ1v) is 12.1. The number of thiophene rings is 1. The van der Waals surface area contributed by atoms with Crippen molar-refractivity contribution in [2.45, 2.75) is 26.9 Å². The molecule has 35 heavy (non-hydrogen) atoms. The van der Waals surface area contributed by atoms with Gasteiger partial charge in [0.15, 0.2) is 12.0 Å². The van der Waals surface area contributed by atoms with E-state index in [0.717, 1.165) is 27.4 Å². The Labute approximate surface area is 211 Å². The number of fused-ring (bicyclic) bond motifs is 3. The van der Waals surface area contributed by atoms with E-state index in [-0.39, 0.29) is 0 Å². The van der Waals surface area contributed by atoms with Gasteiger partial charge in [-0.1, -0.05) is 35.9 Å². The number of hydrogen-bond donors (Lipinski definition) is 2. The van der Waals surface area contributed by atoms with Crippen molar-refractivity contribution in [2.75, 3.05) is 12.4 Å². The minimum absolute atomic E-state index is 0.445. The van der Waals surface area contributed by atoms with Gasteiger partial charge in [0, 0.05) is 21.0 Å². The standard InChI is InChI=1S/C25H23ClN6O2S/c1-13-14(2)35-24-20(13)21(16-8-7-9-17(26)12-16)28-22(23-31-30-15(3)32(23)24)29-25(33)27-18-10-5-6-11-19(18)34-4/h5-12,22H,1-4H3,(H2,27,29,33). The number of rotatable bonds is 4. The highest BCUT2D eigenvalue weighted by Gasteiger charge is 2.32. The van der Waals surface area contributed by atoms with Crippen LogP contribution in [0, 0.1) is 20.8 Å². The van der Waals surface area contributed by atoms with Crippen molar-refractivity contribution in [3.05, 3.63) is 86.8 Å². The molecule has 1 aliphatic heterocycles. The lowest BCUT2D eigenvalue weighted by molar-refractivity contribution is 0.248. The fraction of sp³-hybridized carbons (Fsp3) is 0.200. The van der Waals surface area contributed by atoms with Gasteiger partial charge in [-0.3, -0.25) is 9.56 Å². The van der Waals surface area contributed by atoms with E-state index in [1.807, 2.05) is 47.9 Å². The minimum Gasteiger partial charge on any atom is -0.495 e. The third-order valence-corrected chi connectivity index (χ3v) is 7.31.